The minimum atomic E-state index is 0.0816. The summed E-state index contributed by atoms with van der Waals surface area (Å²) >= 11 is 0. The predicted molar refractivity (Wildman–Crippen MR) is 54.8 cm³/mol. The number of nitrogens with zero attached hydrogens (tertiary/aromatic N) is 1. The first kappa shape index (κ1) is 11.1. The van der Waals surface area contributed by atoms with Crippen LogP contribution in [0.1, 0.15) is 20.3 Å². The Morgan fingerprint density at radius 3 is 2.36 bits per heavy atom. The molecule has 0 aliphatic heterocycles. The maximum absolute atomic E-state index is 3.50. The second-order valence-corrected chi connectivity index (χ2v) is 5.24. The van der Waals surface area contributed by atoms with Gasteiger partial charge in [0.05, 0.1) is 9.52 Å². The van der Waals surface area contributed by atoms with Gasteiger partial charge < -0.3 is 5.32 Å². The van der Waals surface area contributed by atoms with Gasteiger partial charge >= 0.3 is 0 Å². The van der Waals surface area contributed by atoms with Gasteiger partial charge in [0.1, 0.15) is 0 Å². The van der Waals surface area contributed by atoms with Crippen molar-refractivity contribution in [3.05, 3.63) is 0 Å². The molecule has 0 rings (SSSR count). The van der Waals surface area contributed by atoms with Gasteiger partial charge in [-0.1, -0.05) is 26.3 Å². The van der Waals surface area contributed by atoms with Crippen molar-refractivity contribution in [2.24, 2.45) is 0 Å². The van der Waals surface area contributed by atoms with Crippen LogP contribution in [0.15, 0.2) is 0 Å². The maximum Gasteiger partial charge on any atom is 0.0588 e. The fourth-order valence-corrected chi connectivity index (χ4v) is 2.98. The summed E-state index contributed by atoms with van der Waals surface area (Å²) in [5.41, 5.74) is 0. The van der Waals surface area contributed by atoms with Crippen LogP contribution < -0.4 is 5.32 Å². The van der Waals surface area contributed by atoms with Gasteiger partial charge in [0.2, 0.25) is 0 Å². The Hall–Kier alpha value is 0.137. The fourth-order valence-electron chi connectivity index (χ4n) is 1.18. The summed E-state index contributed by atoms with van der Waals surface area (Å²) in [5, 5.41) is 3.50. The molecule has 1 N–H and O–H groups in total. The van der Waals surface area contributed by atoms with E-state index in [9.17, 15) is 0 Å². The molecule has 1 atom stereocenters. The molecule has 0 aliphatic carbocycles. The maximum atomic E-state index is 3.50. The molecule has 68 valence electrons. The van der Waals surface area contributed by atoms with Crippen LogP contribution in [0, 0.1) is 0 Å². The Labute approximate surface area is 73.2 Å². The zero-order valence-electron chi connectivity index (χ0n) is 8.35. The van der Waals surface area contributed by atoms with Crippen LogP contribution >= 0.6 is 0 Å². The van der Waals surface area contributed by atoms with E-state index in [-0.39, 0.29) is 9.52 Å². The van der Waals surface area contributed by atoms with Crippen LogP contribution in [0.25, 0.3) is 0 Å². The van der Waals surface area contributed by atoms with E-state index >= 15 is 0 Å². The SMILES string of the molecule is CCC[SiH2]C(NCC)N(C)C. The lowest BCUT2D eigenvalue weighted by molar-refractivity contribution is 0.327. The Balaban J connectivity index is 3.51. The Morgan fingerprint density at radius 1 is 1.36 bits per heavy atom. The number of nitrogens with one attached hydrogen (secondary N) is 1. The third kappa shape index (κ3) is 5.41. The molecule has 0 aromatic carbocycles. The van der Waals surface area contributed by atoms with Crippen molar-refractivity contribution < 1.29 is 0 Å². The molecule has 0 radical (unpaired) electrons. The minimum absolute atomic E-state index is 0.0816. The summed E-state index contributed by atoms with van der Waals surface area (Å²) < 4.78 is 0. The van der Waals surface area contributed by atoms with Gasteiger partial charge in [-0.15, -0.1) is 0 Å². The van der Waals surface area contributed by atoms with Gasteiger partial charge in [-0.3, -0.25) is 4.90 Å². The summed E-state index contributed by atoms with van der Waals surface area (Å²) in [6.07, 6.45) is 1.35. The topological polar surface area (TPSA) is 15.3 Å². The van der Waals surface area contributed by atoms with Crippen LogP contribution in [0.2, 0.25) is 6.04 Å². The number of hydrogen-bond acceptors (Lipinski definition) is 2. The molecule has 0 bridgehead atoms. The van der Waals surface area contributed by atoms with Crippen LogP contribution in [-0.2, 0) is 0 Å². The Kier molecular flexibility index (Phi) is 6.91. The van der Waals surface area contributed by atoms with E-state index in [1.807, 2.05) is 0 Å². The molecule has 0 amide bonds. The minimum Gasteiger partial charge on any atom is -0.305 e. The molecule has 0 heterocycles. The van der Waals surface area contributed by atoms with Crippen molar-refractivity contribution in [3.63, 3.8) is 0 Å². The molecule has 0 aliphatic rings. The summed E-state index contributed by atoms with van der Waals surface area (Å²) in [4.78, 5) is 2.31. The van der Waals surface area contributed by atoms with Crippen molar-refractivity contribution in [1.29, 1.82) is 0 Å². The molecule has 2 nitrogen and oxygen atoms in total. The molecule has 0 aromatic rings. The van der Waals surface area contributed by atoms with Gasteiger partial charge in [-0.2, -0.15) is 0 Å². The fraction of sp³-hybridized carbons (Fsp3) is 1.00. The summed E-state index contributed by atoms with van der Waals surface area (Å²) in [5.74, 6) is 0.708. The zero-order valence-corrected chi connectivity index (χ0v) is 9.77. The number of rotatable bonds is 6. The quantitative estimate of drug-likeness (QED) is 0.464. The summed E-state index contributed by atoms with van der Waals surface area (Å²) in [7, 11) is 4.41. The first-order valence-electron chi connectivity index (χ1n) is 4.62. The van der Waals surface area contributed by atoms with E-state index in [4.69, 9.17) is 0 Å². The van der Waals surface area contributed by atoms with Crippen molar-refractivity contribution in [1.82, 2.24) is 10.2 Å². The first-order valence-corrected chi connectivity index (χ1v) is 6.43. The van der Waals surface area contributed by atoms with Crippen molar-refractivity contribution in [3.8, 4) is 0 Å². The molecular formula is C8H22N2Si. The van der Waals surface area contributed by atoms with E-state index in [0.717, 1.165) is 6.54 Å². The largest absolute Gasteiger partial charge is 0.305 e. The lowest BCUT2D eigenvalue weighted by Gasteiger charge is -2.24. The van der Waals surface area contributed by atoms with E-state index in [2.05, 4.69) is 38.2 Å². The van der Waals surface area contributed by atoms with Crippen LogP contribution in [0.3, 0.4) is 0 Å². The van der Waals surface area contributed by atoms with E-state index < -0.39 is 0 Å². The molecular weight excluding hydrogens is 152 g/mol. The van der Waals surface area contributed by atoms with Gasteiger partial charge in [0.15, 0.2) is 0 Å². The Morgan fingerprint density at radius 2 is 2.00 bits per heavy atom. The highest BCUT2D eigenvalue weighted by Crippen LogP contribution is 1.93. The molecule has 0 saturated heterocycles. The lowest BCUT2D eigenvalue weighted by atomic mass is 10.6. The van der Waals surface area contributed by atoms with Gasteiger partial charge in [-0.05, 0) is 20.6 Å². The third-order valence-electron chi connectivity index (χ3n) is 1.89. The average molecular weight is 174 g/mol. The van der Waals surface area contributed by atoms with E-state index in [1.165, 1.54) is 12.5 Å². The second-order valence-electron chi connectivity index (χ2n) is 3.18. The van der Waals surface area contributed by atoms with Gasteiger partial charge in [0, 0.05) is 5.79 Å². The average Bonchev–Trinajstić information content (AvgIpc) is 1.97. The molecule has 0 spiro atoms. The van der Waals surface area contributed by atoms with E-state index in [0.29, 0.717) is 5.79 Å². The molecule has 1 unspecified atom stereocenters. The molecule has 0 fully saturated rings. The monoisotopic (exact) mass is 174 g/mol. The van der Waals surface area contributed by atoms with Crippen LogP contribution in [0.4, 0.5) is 0 Å². The smallest absolute Gasteiger partial charge is 0.0588 e. The zero-order chi connectivity index (χ0) is 8.69. The highest BCUT2D eigenvalue weighted by atomic mass is 28.2. The highest BCUT2D eigenvalue weighted by Gasteiger charge is 2.07. The Bertz CT molecular complexity index is 86.2. The lowest BCUT2D eigenvalue weighted by Crippen LogP contribution is -2.45. The third-order valence-corrected chi connectivity index (χ3v) is 4.58. The second kappa shape index (κ2) is 6.82. The number of hydrogen-bond donors (Lipinski definition) is 1. The molecule has 0 saturated carbocycles. The van der Waals surface area contributed by atoms with Gasteiger partial charge in [0.25, 0.3) is 0 Å². The predicted octanol–water partition coefficient (Wildman–Crippen LogP) is 0.438. The summed E-state index contributed by atoms with van der Waals surface area (Å²) in [6.45, 7) is 5.54. The van der Waals surface area contributed by atoms with Gasteiger partial charge in [-0.25, -0.2) is 0 Å². The normalized spacial score (nSPS) is 15.0. The van der Waals surface area contributed by atoms with E-state index in [1.54, 1.807) is 0 Å². The standard InChI is InChI=1S/C8H22N2Si/c1-5-7-11-8(9-6-2)10(3)4/h8-9H,5-7,11H2,1-4H3. The van der Waals surface area contributed by atoms with Crippen LogP contribution in [0.5, 0.6) is 0 Å². The summed E-state index contributed by atoms with van der Waals surface area (Å²) in [6, 6.07) is 1.45. The molecule has 11 heavy (non-hydrogen) atoms. The molecule has 0 aromatic heterocycles. The molecule has 3 heteroatoms. The van der Waals surface area contributed by atoms with Crippen LogP contribution in [-0.4, -0.2) is 40.8 Å². The van der Waals surface area contributed by atoms with Crippen molar-refractivity contribution in [2.45, 2.75) is 32.1 Å². The van der Waals surface area contributed by atoms with Crippen molar-refractivity contribution >= 4 is 9.52 Å². The first-order chi connectivity index (χ1) is 5.22. The van der Waals surface area contributed by atoms with Crippen molar-refractivity contribution in [2.75, 3.05) is 20.6 Å². The highest BCUT2D eigenvalue weighted by molar-refractivity contribution is 6.37.